The average Bonchev–Trinajstić information content (AvgIpc) is 1.61. The van der Waals surface area contributed by atoms with Gasteiger partial charge in [-0.05, 0) is 98.5 Å². The molecular weight excluding hydrogens is 1480 g/mol. The van der Waals surface area contributed by atoms with Gasteiger partial charge in [-0.2, -0.15) is 41.6 Å². The first kappa shape index (κ1) is 69.0. The van der Waals surface area contributed by atoms with E-state index in [0.29, 0.717) is 35.0 Å². The van der Waals surface area contributed by atoms with Gasteiger partial charge in [0.25, 0.3) is 29.1 Å². The van der Waals surface area contributed by atoms with E-state index in [4.69, 9.17) is 32.3 Å². The second-order valence-electron chi connectivity index (χ2n) is 23.1. The molecule has 6 aromatic carbocycles. The first-order chi connectivity index (χ1) is 53.6. The summed E-state index contributed by atoms with van der Waals surface area (Å²) in [5, 5.41) is 45.3. The van der Waals surface area contributed by atoms with E-state index in [1.54, 1.807) is 77.9 Å². The Hall–Kier alpha value is -12.4. The number of anilines is 3. The van der Waals surface area contributed by atoms with Crippen LogP contribution in [-0.4, -0.2) is 126 Å². The molecule has 4 aromatic heterocycles. The smallest absolute Gasteiger partial charge is 0.387 e. The maximum absolute atomic E-state index is 13.3. The van der Waals surface area contributed by atoms with E-state index in [1.807, 2.05) is 25.4 Å². The van der Waals surface area contributed by atoms with Crippen molar-refractivity contribution in [1.29, 1.82) is 0 Å². The molecule has 3 fully saturated rings. The summed E-state index contributed by atoms with van der Waals surface area (Å²) in [5.74, 6) is -3.02. The SMILES string of the molecule is C.C.C#CC.Cn1cc(-c2ccc(N)c([N+](=O)[O-])c2)cn1.[2H]C([2H])([2H])Oc1cc(-n2cnc3cc(-c4cnn(C)c4)ccc32)cc(OC(F)F)c1C(=O)NC1CC1.[2H]C([2H])([2H])Oc1cc(Br)cc(OC(F)F)c1C(=O)NC1CC1.[2H]C([2H])([2H])Oc1cc(Nc2ccc(-c3cnn(C)c3)cc2[N+](=O)[O-])cc(OC(F)F)c1C(=O)NC1CC1. The number of nitro benzene ring substituents is 2. The van der Waals surface area contributed by atoms with E-state index in [2.05, 4.69) is 84.0 Å². The van der Waals surface area contributed by atoms with Crippen molar-refractivity contribution >= 4 is 73.1 Å². The molecule has 0 aliphatic heterocycles. The van der Waals surface area contributed by atoms with E-state index in [-0.39, 0.29) is 82.9 Å². The second-order valence-corrected chi connectivity index (χ2v) is 24.0. The number of rotatable bonds is 23. The Morgan fingerprint density at radius 1 is 0.579 bits per heavy atom. The minimum Gasteiger partial charge on any atom is -0.496 e. The Kier molecular flexibility index (Phi) is 23.8. The molecule has 3 saturated carbocycles. The Morgan fingerprint density at radius 2 is 0.953 bits per heavy atom. The number of carbonyl (C=O) groups excluding carboxylic acids is 3. The number of amides is 3. The molecular formula is C72H76BrF6N15O13. The fourth-order valence-electron chi connectivity index (χ4n) is 9.98. The number of nitrogen functional groups attached to an aromatic ring is 1. The number of benzene rings is 6. The number of methoxy groups -OCH3 is 3. The summed E-state index contributed by atoms with van der Waals surface area (Å²) in [7, 11) is -3.52. The maximum atomic E-state index is 13.3. The normalized spacial score (nSPS) is 14.0. The van der Waals surface area contributed by atoms with E-state index in [9.17, 15) is 61.0 Å². The molecule has 0 atom stereocenters. The number of carbonyl (C=O) groups is 3. The summed E-state index contributed by atoms with van der Waals surface area (Å²) in [6, 6.07) is 21.1. The molecule has 6 N–H and O–H groups in total. The predicted molar refractivity (Wildman–Crippen MR) is 391 cm³/mol. The molecule has 0 saturated heterocycles. The number of fused-ring (bicyclic) bond motifs is 1. The number of halogens is 7. The molecule has 107 heavy (non-hydrogen) atoms. The summed E-state index contributed by atoms with van der Waals surface area (Å²) in [5.41, 5.74) is 9.70. The van der Waals surface area contributed by atoms with Gasteiger partial charge in [-0.25, -0.2) is 4.98 Å². The molecule has 10 aromatic rings. The molecule has 13 rings (SSSR count). The van der Waals surface area contributed by atoms with Gasteiger partial charge in [0.15, 0.2) is 0 Å². The van der Waals surface area contributed by atoms with Gasteiger partial charge in [-0.15, -0.1) is 12.3 Å². The highest BCUT2D eigenvalue weighted by atomic mass is 79.9. The lowest BCUT2D eigenvalue weighted by Gasteiger charge is -2.17. The van der Waals surface area contributed by atoms with Gasteiger partial charge in [0.05, 0.1) is 78.6 Å². The number of imidazole rings is 1. The zero-order chi connectivity index (χ0) is 83.4. The number of aromatic nitrogens is 8. The van der Waals surface area contributed by atoms with E-state index in [0.717, 1.165) is 66.1 Å². The van der Waals surface area contributed by atoms with Crippen LogP contribution < -0.4 is 55.4 Å². The second kappa shape index (κ2) is 36.9. The summed E-state index contributed by atoms with van der Waals surface area (Å²) in [4.78, 5) is 63.6. The van der Waals surface area contributed by atoms with Crippen molar-refractivity contribution in [3.8, 4) is 85.9 Å². The van der Waals surface area contributed by atoms with Crippen LogP contribution >= 0.6 is 15.9 Å². The molecule has 3 amide bonds. The lowest BCUT2D eigenvalue weighted by atomic mass is 10.1. The maximum Gasteiger partial charge on any atom is 0.387 e. The Labute approximate surface area is 630 Å². The fourth-order valence-corrected chi connectivity index (χ4v) is 10.4. The van der Waals surface area contributed by atoms with Gasteiger partial charge in [0.1, 0.15) is 68.9 Å². The third-order valence-corrected chi connectivity index (χ3v) is 15.6. The number of nitrogens with zero attached hydrogens (tertiary/aromatic N) is 10. The Bertz CT molecular complexity index is 5230. The highest BCUT2D eigenvalue weighted by Gasteiger charge is 2.33. The van der Waals surface area contributed by atoms with Crippen LogP contribution in [0.3, 0.4) is 0 Å². The molecule has 566 valence electrons. The summed E-state index contributed by atoms with van der Waals surface area (Å²) in [6.07, 6.45) is 20.7. The van der Waals surface area contributed by atoms with E-state index < -0.39 is 108 Å². The van der Waals surface area contributed by atoms with Gasteiger partial charge in [-0.3, -0.25) is 53.2 Å². The third-order valence-electron chi connectivity index (χ3n) is 15.2. The van der Waals surface area contributed by atoms with E-state index in [1.165, 1.54) is 59.7 Å². The molecule has 4 heterocycles. The molecule has 35 heteroatoms. The molecule has 0 unspecified atom stereocenters. The van der Waals surface area contributed by atoms with Crippen LogP contribution in [0.5, 0.6) is 34.5 Å². The van der Waals surface area contributed by atoms with Crippen molar-refractivity contribution in [2.45, 2.75) is 98.3 Å². The van der Waals surface area contributed by atoms with Crippen molar-refractivity contribution in [3.63, 3.8) is 0 Å². The van der Waals surface area contributed by atoms with Gasteiger partial charge >= 0.3 is 19.8 Å². The van der Waals surface area contributed by atoms with Crippen molar-refractivity contribution in [2.24, 2.45) is 21.1 Å². The monoisotopic (exact) mass is 1560 g/mol. The number of hydrogen-bond acceptors (Lipinski definition) is 19. The van der Waals surface area contributed by atoms with Crippen LogP contribution in [0.25, 0.3) is 50.1 Å². The number of nitrogens with one attached hydrogen (secondary N) is 4. The topological polar surface area (TPSA) is 338 Å². The van der Waals surface area contributed by atoms with Crippen molar-refractivity contribution < 1.29 is 91.3 Å². The van der Waals surface area contributed by atoms with E-state index >= 15 is 0 Å². The third kappa shape index (κ3) is 21.9. The Balaban J connectivity index is 0.000000219. The van der Waals surface area contributed by atoms with Crippen LogP contribution in [0, 0.1) is 32.6 Å². The predicted octanol–water partition coefficient (Wildman–Crippen LogP) is 14.6. The van der Waals surface area contributed by atoms with Crippen LogP contribution in [0.4, 0.5) is 54.8 Å². The molecule has 28 nitrogen and oxygen atoms in total. The number of nitrogens with two attached hydrogens (primary N) is 1. The zero-order valence-electron chi connectivity index (χ0n) is 64.5. The first-order valence-electron chi connectivity index (χ1n) is 35.6. The van der Waals surface area contributed by atoms with Gasteiger partial charge in [0.2, 0.25) is 0 Å². The molecule has 0 radical (unpaired) electrons. The number of nitro groups is 2. The number of aryl methyl sites for hydroxylation is 3. The zero-order valence-corrected chi connectivity index (χ0v) is 57.1. The number of hydrogen-bond donors (Lipinski definition) is 5. The fraction of sp³-hybridized carbons (Fsp3) is 0.292. The van der Waals surface area contributed by atoms with Crippen LogP contribution in [-0.2, 0) is 21.1 Å². The van der Waals surface area contributed by atoms with Crippen LogP contribution in [0.15, 0.2) is 139 Å². The summed E-state index contributed by atoms with van der Waals surface area (Å²) in [6.45, 7) is -8.12. The standard InChI is InChI=1S/C23H21F2N5O3.C22H21F2N5O5.C12H12BrF2NO3.C10H10N4O2.C3H4.2CH4/c1-29-11-14(10-27-29)13-3-6-18-17(7-13)26-12-30(18)16-8-19(32-2)21(20(9-16)33-23(24)25)22(31)28-15-4-5-15;1-28-11-13(10-25-28)12-3-6-16(17(7-12)29(31)32)26-15-8-18(33-2)20(19(9-15)34-22(23)24)21(30)27-14-4-5-14;1-18-8-4-6(13)5-9(19-12(14)15)10(8)11(17)16-7-2-3-7;1-13-6-8(5-12-13)7-2-3-9(11)10(4-7)14(15)16;1-3-2;;/h3,6-12,15,23H,4-5H2,1-2H3,(H,28,31);3,6-11,14,22,26H,4-5H2,1-2H3,(H,27,30);4-5,7,12H,2-3H2,1H3,(H,16,17);2-6H,11H2,1H3;1H,2H3;2*1H4/i2*2D3;1D3;;;;. The Morgan fingerprint density at radius 3 is 1.37 bits per heavy atom. The van der Waals surface area contributed by atoms with Crippen molar-refractivity contribution in [3.05, 3.63) is 176 Å². The average molecular weight is 1560 g/mol. The van der Waals surface area contributed by atoms with Crippen molar-refractivity contribution in [2.75, 3.05) is 32.2 Å². The quantitative estimate of drug-likeness (QED) is 0.0131. The van der Waals surface area contributed by atoms with Crippen molar-refractivity contribution in [1.82, 2.24) is 54.8 Å². The molecule has 0 bridgehead atoms. The summed E-state index contributed by atoms with van der Waals surface area (Å²) < 4.78 is 179. The van der Waals surface area contributed by atoms with Gasteiger partial charge < -0.3 is 55.4 Å². The number of alkyl halides is 6. The van der Waals surface area contributed by atoms with Crippen LogP contribution in [0.1, 0.15) is 104 Å². The van der Waals surface area contributed by atoms with Gasteiger partial charge in [0, 0.05) is 121 Å². The largest absolute Gasteiger partial charge is 0.496 e. The highest BCUT2D eigenvalue weighted by Crippen LogP contribution is 2.41. The van der Waals surface area contributed by atoms with Gasteiger partial charge in [-0.1, -0.05) is 49.0 Å². The van der Waals surface area contributed by atoms with Crippen LogP contribution in [0.2, 0.25) is 0 Å². The molecule has 0 spiro atoms. The lowest BCUT2D eigenvalue weighted by Crippen LogP contribution is -2.27. The number of ether oxygens (including phenoxy) is 6. The highest BCUT2D eigenvalue weighted by molar-refractivity contribution is 9.10. The molecule has 3 aliphatic rings. The summed E-state index contributed by atoms with van der Waals surface area (Å²) >= 11 is 3.04. The lowest BCUT2D eigenvalue weighted by molar-refractivity contribution is -0.384. The minimum absolute atomic E-state index is 0. The molecule has 3 aliphatic carbocycles. The number of terminal acetylenes is 1. The first-order valence-corrected chi connectivity index (χ1v) is 31.9. The minimum atomic E-state index is -3.35.